The molecule has 110 valence electrons. The van der Waals surface area contributed by atoms with Crippen molar-refractivity contribution in [3.63, 3.8) is 0 Å². The zero-order chi connectivity index (χ0) is 16.7. The van der Waals surface area contributed by atoms with E-state index in [1.165, 1.54) is 24.3 Å². The summed E-state index contributed by atoms with van der Waals surface area (Å²) >= 11 is 0. The molecule has 0 spiro atoms. The Labute approximate surface area is 133 Å². The van der Waals surface area contributed by atoms with Crippen LogP contribution >= 0.6 is 0 Å². The second kappa shape index (κ2) is 7.46. The molecule has 2 aromatic carbocycles. The van der Waals surface area contributed by atoms with Gasteiger partial charge in [-0.05, 0) is 48.0 Å². The number of benzene rings is 2. The van der Waals surface area contributed by atoms with Gasteiger partial charge in [-0.15, -0.1) is 0 Å². The first-order valence-electron chi connectivity index (χ1n) is 6.64. The van der Waals surface area contributed by atoms with E-state index in [4.69, 9.17) is 15.3 Å². The average Bonchev–Trinajstić information content (AvgIpc) is 2.59. The van der Waals surface area contributed by atoms with Gasteiger partial charge in [0.05, 0.1) is 7.11 Å². The number of methoxy groups -OCH3 is 1. The molecule has 0 aliphatic rings. The standard InChI is InChI=1S/C19H11FN2O/c1-23-19-8-3-14(4-9-19)2-5-17-11-18(20)7-6-16(17)10-15(12-21)13-22/h3-4,6-11H,1H3. The second-order valence-corrected chi connectivity index (χ2v) is 4.49. The summed E-state index contributed by atoms with van der Waals surface area (Å²) in [4.78, 5) is 0. The highest BCUT2D eigenvalue weighted by molar-refractivity contribution is 5.67. The fraction of sp³-hybridized carbons (Fsp3) is 0.0526. The lowest BCUT2D eigenvalue weighted by molar-refractivity contribution is 0.415. The quantitative estimate of drug-likeness (QED) is 0.628. The van der Waals surface area contributed by atoms with Gasteiger partial charge in [-0.1, -0.05) is 17.9 Å². The van der Waals surface area contributed by atoms with Gasteiger partial charge in [0, 0.05) is 11.1 Å². The fourth-order valence-electron chi connectivity index (χ4n) is 1.82. The minimum Gasteiger partial charge on any atom is -0.497 e. The Kier molecular flexibility index (Phi) is 5.13. The molecule has 0 aromatic heterocycles. The summed E-state index contributed by atoms with van der Waals surface area (Å²) in [5.41, 5.74) is 1.60. The van der Waals surface area contributed by atoms with E-state index in [1.807, 2.05) is 0 Å². The van der Waals surface area contributed by atoms with Crippen molar-refractivity contribution < 1.29 is 9.13 Å². The molecule has 0 atom stereocenters. The van der Waals surface area contributed by atoms with Crippen molar-refractivity contribution in [3.8, 4) is 29.7 Å². The van der Waals surface area contributed by atoms with Crippen molar-refractivity contribution in [3.05, 3.63) is 70.5 Å². The van der Waals surface area contributed by atoms with Gasteiger partial charge in [-0.3, -0.25) is 0 Å². The summed E-state index contributed by atoms with van der Waals surface area (Å²) in [5, 5.41) is 17.7. The number of halogens is 1. The lowest BCUT2D eigenvalue weighted by Gasteiger charge is -2.00. The van der Waals surface area contributed by atoms with Crippen LogP contribution in [0.1, 0.15) is 16.7 Å². The maximum Gasteiger partial charge on any atom is 0.130 e. The molecule has 0 heterocycles. The highest BCUT2D eigenvalue weighted by Crippen LogP contribution is 2.15. The van der Waals surface area contributed by atoms with E-state index >= 15 is 0 Å². The third-order valence-electron chi connectivity index (χ3n) is 2.99. The SMILES string of the molecule is COc1ccc(C#Cc2cc(F)ccc2C=C(C#N)C#N)cc1. The molecule has 0 saturated carbocycles. The molecule has 2 rings (SSSR count). The second-order valence-electron chi connectivity index (χ2n) is 4.49. The Hall–Kier alpha value is -3.55. The van der Waals surface area contributed by atoms with Gasteiger partial charge in [0.15, 0.2) is 0 Å². The molecule has 0 unspecified atom stereocenters. The van der Waals surface area contributed by atoms with Crippen LogP contribution in [-0.2, 0) is 0 Å². The third-order valence-corrected chi connectivity index (χ3v) is 2.99. The molecule has 0 radical (unpaired) electrons. The zero-order valence-corrected chi connectivity index (χ0v) is 12.3. The van der Waals surface area contributed by atoms with Gasteiger partial charge in [0.2, 0.25) is 0 Å². The topological polar surface area (TPSA) is 56.8 Å². The molecule has 23 heavy (non-hydrogen) atoms. The first-order valence-corrected chi connectivity index (χ1v) is 6.64. The summed E-state index contributed by atoms with van der Waals surface area (Å²) < 4.78 is 18.5. The van der Waals surface area contributed by atoms with Crippen LogP contribution in [0.3, 0.4) is 0 Å². The van der Waals surface area contributed by atoms with E-state index in [1.54, 1.807) is 43.5 Å². The normalized spacial score (nSPS) is 8.87. The van der Waals surface area contributed by atoms with Crippen LogP contribution in [0.15, 0.2) is 48.0 Å². The average molecular weight is 302 g/mol. The molecule has 0 aliphatic carbocycles. The van der Waals surface area contributed by atoms with E-state index < -0.39 is 5.82 Å². The van der Waals surface area contributed by atoms with Crippen molar-refractivity contribution >= 4 is 6.08 Å². The smallest absolute Gasteiger partial charge is 0.130 e. The first-order chi connectivity index (χ1) is 11.2. The Morgan fingerprint density at radius 3 is 2.35 bits per heavy atom. The third kappa shape index (κ3) is 4.21. The van der Waals surface area contributed by atoms with Crippen molar-refractivity contribution in [1.82, 2.24) is 0 Å². The predicted octanol–water partition coefficient (Wildman–Crippen LogP) is 3.66. The van der Waals surface area contributed by atoms with Crippen LogP contribution in [0.25, 0.3) is 6.08 Å². The number of hydrogen-bond donors (Lipinski definition) is 0. The molecule has 4 heteroatoms. The van der Waals surface area contributed by atoms with Crippen LogP contribution in [-0.4, -0.2) is 7.11 Å². The number of nitrogens with zero attached hydrogens (tertiary/aromatic N) is 2. The van der Waals surface area contributed by atoms with Crippen LogP contribution in [0.2, 0.25) is 0 Å². The van der Waals surface area contributed by atoms with Crippen molar-refractivity contribution in [1.29, 1.82) is 10.5 Å². The summed E-state index contributed by atoms with van der Waals surface area (Å²) in [6.45, 7) is 0. The Bertz CT molecular complexity index is 872. The minimum absolute atomic E-state index is 0.0656. The minimum atomic E-state index is -0.434. The molecule has 0 saturated heterocycles. The van der Waals surface area contributed by atoms with Gasteiger partial charge in [-0.2, -0.15) is 10.5 Å². The van der Waals surface area contributed by atoms with Crippen LogP contribution in [0.5, 0.6) is 5.75 Å². The highest BCUT2D eigenvalue weighted by atomic mass is 19.1. The summed E-state index contributed by atoms with van der Waals surface area (Å²) in [6, 6.07) is 14.7. The molecule has 0 N–H and O–H groups in total. The largest absolute Gasteiger partial charge is 0.497 e. The molecule has 3 nitrogen and oxygen atoms in total. The van der Waals surface area contributed by atoms with E-state index in [-0.39, 0.29) is 5.57 Å². The van der Waals surface area contributed by atoms with Crippen molar-refractivity contribution in [2.24, 2.45) is 0 Å². The van der Waals surface area contributed by atoms with Crippen LogP contribution in [0, 0.1) is 40.3 Å². The Morgan fingerprint density at radius 2 is 1.74 bits per heavy atom. The van der Waals surface area contributed by atoms with Crippen LogP contribution < -0.4 is 4.74 Å². The molecule has 2 aromatic rings. The van der Waals surface area contributed by atoms with Crippen molar-refractivity contribution in [2.45, 2.75) is 0 Å². The predicted molar refractivity (Wildman–Crippen MR) is 84.6 cm³/mol. The summed E-state index contributed by atoms with van der Waals surface area (Å²) in [6.07, 6.45) is 1.39. The highest BCUT2D eigenvalue weighted by Gasteiger charge is 2.02. The Morgan fingerprint density at radius 1 is 1.04 bits per heavy atom. The van der Waals surface area contributed by atoms with Gasteiger partial charge in [0.25, 0.3) is 0 Å². The monoisotopic (exact) mass is 302 g/mol. The van der Waals surface area contributed by atoms with Gasteiger partial charge in [-0.25, -0.2) is 4.39 Å². The summed E-state index contributed by atoms with van der Waals surface area (Å²) in [7, 11) is 1.58. The molecule has 0 fully saturated rings. The number of nitriles is 2. The lowest BCUT2D eigenvalue weighted by Crippen LogP contribution is -1.87. The number of hydrogen-bond acceptors (Lipinski definition) is 3. The van der Waals surface area contributed by atoms with Crippen molar-refractivity contribution in [2.75, 3.05) is 7.11 Å². The van der Waals surface area contributed by atoms with Gasteiger partial charge < -0.3 is 4.74 Å². The van der Waals surface area contributed by atoms with E-state index in [9.17, 15) is 4.39 Å². The number of allylic oxidation sites excluding steroid dienone is 1. The number of rotatable bonds is 2. The fourth-order valence-corrected chi connectivity index (χ4v) is 1.82. The number of ether oxygens (including phenoxy) is 1. The molecule has 0 amide bonds. The molecular formula is C19H11FN2O. The molecular weight excluding hydrogens is 291 g/mol. The lowest BCUT2D eigenvalue weighted by atomic mass is 10.0. The molecule has 0 aliphatic heterocycles. The van der Waals surface area contributed by atoms with Gasteiger partial charge in [0.1, 0.15) is 29.3 Å². The summed E-state index contributed by atoms with van der Waals surface area (Å²) in [5.74, 6) is 6.08. The van der Waals surface area contributed by atoms with E-state index in [2.05, 4.69) is 11.8 Å². The zero-order valence-electron chi connectivity index (χ0n) is 12.3. The first kappa shape index (κ1) is 15.8. The maximum atomic E-state index is 13.4. The van der Waals surface area contributed by atoms with Gasteiger partial charge >= 0.3 is 0 Å². The maximum absolute atomic E-state index is 13.4. The van der Waals surface area contributed by atoms with E-state index in [0.717, 1.165) is 11.3 Å². The molecule has 0 bridgehead atoms. The van der Waals surface area contributed by atoms with Crippen LogP contribution in [0.4, 0.5) is 4.39 Å². The Balaban J connectivity index is 2.42. The van der Waals surface area contributed by atoms with E-state index in [0.29, 0.717) is 11.1 Å².